The van der Waals surface area contributed by atoms with E-state index in [4.69, 9.17) is 11.6 Å². The number of hydrogen-bond donors (Lipinski definition) is 1. The molecule has 6 nitrogen and oxygen atoms in total. The molecule has 1 rings (SSSR count). The van der Waals surface area contributed by atoms with Crippen LogP contribution in [0.2, 0.25) is 5.02 Å². The van der Waals surface area contributed by atoms with Crippen LogP contribution in [0.25, 0.3) is 0 Å². The van der Waals surface area contributed by atoms with Crippen molar-refractivity contribution in [1.82, 2.24) is 4.72 Å². The number of nitro groups is 1. The Balaban J connectivity index is 3.13. The van der Waals surface area contributed by atoms with Crippen LogP contribution in [0, 0.1) is 15.9 Å². The van der Waals surface area contributed by atoms with Crippen LogP contribution in [-0.4, -0.2) is 19.6 Å². The molecule has 0 spiro atoms. The Morgan fingerprint density at radius 1 is 1.53 bits per heavy atom. The second-order valence-electron chi connectivity index (χ2n) is 3.25. The van der Waals surface area contributed by atoms with Gasteiger partial charge in [0.05, 0.1) is 22.3 Å². The summed E-state index contributed by atoms with van der Waals surface area (Å²) in [5.41, 5.74) is -0.533. The van der Waals surface area contributed by atoms with Crippen molar-refractivity contribution in [2.24, 2.45) is 0 Å². The van der Waals surface area contributed by atoms with Gasteiger partial charge in [-0.25, -0.2) is 17.5 Å². The largest absolute Gasteiger partial charge is 0.276 e. The van der Waals surface area contributed by atoms with Crippen molar-refractivity contribution >= 4 is 27.3 Å². The van der Waals surface area contributed by atoms with Crippen molar-refractivity contribution in [1.29, 1.82) is 0 Å². The number of rotatable bonds is 4. The van der Waals surface area contributed by atoms with Gasteiger partial charge < -0.3 is 0 Å². The van der Waals surface area contributed by atoms with E-state index >= 15 is 0 Å². The van der Waals surface area contributed by atoms with Gasteiger partial charge in [0.15, 0.2) is 0 Å². The molecule has 0 amide bonds. The van der Waals surface area contributed by atoms with Gasteiger partial charge >= 0.3 is 0 Å². The third-order valence-electron chi connectivity index (χ3n) is 1.84. The Labute approximate surface area is 102 Å². The molecule has 17 heavy (non-hydrogen) atoms. The average Bonchev–Trinajstić information content (AvgIpc) is 2.17. The summed E-state index contributed by atoms with van der Waals surface area (Å²) >= 11 is 5.47. The fourth-order valence-corrected chi connectivity index (χ4v) is 1.70. The van der Waals surface area contributed by atoms with E-state index in [1.807, 2.05) is 0 Å². The number of nitrogens with zero attached hydrogens (tertiary/aromatic N) is 1. The SMILES string of the molecule is CS(=O)(=O)NCc1cc(Cl)c(F)cc1[N+](=O)[O-]. The molecular weight excluding hydrogens is 275 g/mol. The lowest BCUT2D eigenvalue weighted by Crippen LogP contribution is -2.21. The molecule has 0 radical (unpaired) electrons. The fourth-order valence-electron chi connectivity index (χ4n) is 1.10. The highest BCUT2D eigenvalue weighted by molar-refractivity contribution is 7.88. The number of benzene rings is 1. The van der Waals surface area contributed by atoms with Crippen LogP contribution in [0.5, 0.6) is 0 Å². The minimum Gasteiger partial charge on any atom is -0.258 e. The van der Waals surface area contributed by atoms with Gasteiger partial charge in [0, 0.05) is 12.1 Å². The molecular formula is C8H8ClFN2O4S. The van der Waals surface area contributed by atoms with Crippen molar-refractivity contribution < 1.29 is 17.7 Å². The standard InChI is InChI=1S/C8H8ClFN2O4S/c1-17(15,16)11-4-5-2-6(9)7(10)3-8(5)12(13)14/h2-3,11H,4H2,1H3. The van der Waals surface area contributed by atoms with Gasteiger partial charge in [0.25, 0.3) is 5.69 Å². The molecule has 0 aliphatic rings. The van der Waals surface area contributed by atoms with E-state index in [-0.39, 0.29) is 17.1 Å². The molecule has 0 bridgehead atoms. The maximum Gasteiger partial charge on any atom is 0.276 e. The molecule has 0 unspecified atom stereocenters. The molecule has 0 aliphatic heterocycles. The smallest absolute Gasteiger partial charge is 0.258 e. The van der Waals surface area contributed by atoms with Gasteiger partial charge in [0.2, 0.25) is 10.0 Å². The van der Waals surface area contributed by atoms with Gasteiger partial charge in [-0.2, -0.15) is 0 Å². The van der Waals surface area contributed by atoms with Crippen LogP contribution in [0.3, 0.4) is 0 Å². The number of nitro benzene ring substituents is 1. The monoisotopic (exact) mass is 282 g/mol. The summed E-state index contributed by atoms with van der Waals surface area (Å²) in [7, 11) is -3.50. The molecule has 0 saturated heterocycles. The Hall–Kier alpha value is -1.25. The van der Waals surface area contributed by atoms with E-state index in [0.717, 1.165) is 12.3 Å². The van der Waals surface area contributed by atoms with Crippen LogP contribution in [0.15, 0.2) is 12.1 Å². The fraction of sp³-hybridized carbons (Fsp3) is 0.250. The Kier molecular flexibility index (Phi) is 4.02. The van der Waals surface area contributed by atoms with Gasteiger partial charge in [-0.1, -0.05) is 11.6 Å². The number of sulfonamides is 1. The van der Waals surface area contributed by atoms with E-state index in [1.165, 1.54) is 0 Å². The van der Waals surface area contributed by atoms with E-state index in [2.05, 4.69) is 4.72 Å². The van der Waals surface area contributed by atoms with Crippen molar-refractivity contribution in [2.75, 3.05) is 6.26 Å². The van der Waals surface area contributed by atoms with E-state index in [0.29, 0.717) is 6.07 Å². The Morgan fingerprint density at radius 2 is 2.12 bits per heavy atom. The van der Waals surface area contributed by atoms with Crippen LogP contribution >= 0.6 is 11.6 Å². The van der Waals surface area contributed by atoms with Crippen molar-refractivity contribution in [3.63, 3.8) is 0 Å². The molecule has 94 valence electrons. The second kappa shape index (κ2) is 4.94. The van der Waals surface area contributed by atoms with Gasteiger partial charge in [-0.15, -0.1) is 0 Å². The first-order valence-corrected chi connectivity index (χ1v) is 6.54. The van der Waals surface area contributed by atoms with E-state index in [1.54, 1.807) is 0 Å². The number of halogens is 2. The van der Waals surface area contributed by atoms with Crippen molar-refractivity contribution in [3.05, 3.63) is 38.7 Å². The predicted octanol–water partition coefficient (Wildman–Crippen LogP) is 1.44. The Bertz CT molecular complexity index is 561. The second-order valence-corrected chi connectivity index (χ2v) is 5.49. The summed E-state index contributed by atoms with van der Waals surface area (Å²) < 4.78 is 36.8. The third-order valence-corrected chi connectivity index (χ3v) is 2.80. The lowest BCUT2D eigenvalue weighted by atomic mass is 10.2. The number of nitrogens with one attached hydrogen (secondary N) is 1. The van der Waals surface area contributed by atoms with Crippen LogP contribution in [0.4, 0.5) is 10.1 Å². The molecule has 0 aromatic heterocycles. The molecule has 0 fully saturated rings. The molecule has 1 aromatic rings. The number of hydrogen-bond acceptors (Lipinski definition) is 4. The van der Waals surface area contributed by atoms with Crippen LogP contribution < -0.4 is 4.72 Å². The summed E-state index contributed by atoms with van der Waals surface area (Å²) in [6.07, 6.45) is 0.907. The first-order valence-electron chi connectivity index (χ1n) is 4.27. The quantitative estimate of drug-likeness (QED) is 0.668. The summed E-state index contributed by atoms with van der Waals surface area (Å²) in [6.45, 7) is -0.324. The minimum atomic E-state index is -3.50. The molecule has 0 aliphatic carbocycles. The average molecular weight is 283 g/mol. The molecule has 0 heterocycles. The summed E-state index contributed by atoms with van der Waals surface area (Å²) in [4.78, 5) is 9.82. The molecule has 1 N–H and O–H groups in total. The first kappa shape index (κ1) is 13.8. The maximum atomic E-state index is 13.0. The zero-order valence-electron chi connectivity index (χ0n) is 8.61. The first-order chi connectivity index (χ1) is 7.70. The highest BCUT2D eigenvalue weighted by Crippen LogP contribution is 2.25. The zero-order chi connectivity index (χ0) is 13.2. The molecule has 9 heteroatoms. The van der Waals surface area contributed by atoms with Crippen molar-refractivity contribution in [2.45, 2.75) is 6.54 Å². The molecule has 0 saturated carbocycles. The highest BCUT2D eigenvalue weighted by Gasteiger charge is 2.18. The van der Waals surface area contributed by atoms with E-state index in [9.17, 15) is 22.9 Å². The van der Waals surface area contributed by atoms with Crippen molar-refractivity contribution in [3.8, 4) is 0 Å². The highest BCUT2D eigenvalue weighted by atomic mass is 35.5. The lowest BCUT2D eigenvalue weighted by Gasteiger charge is -2.05. The predicted molar refractivity (Wildman–Crippen MR) is 59.7 cm³/mol. The third kappa shape index (κ3) is 3.91. The topological polar surface area (TPSA) is 89.3 Å². The van der Waals surface area contributed by atoms with Gasteiger partial charge in [-0.05, 0) is 6.07 Å². The Morgan fingerprint density at radius 3 is 2.59 bits per heavy atom. The van der Waals surface area contributed by atoms with Gasteiger partial charge in [-0.3, -0.25) is 10.1 Å². The van der Waals surface area contributed by atoms with Crippen LogP contribution in [-0.2, 0) is 16.6 Å². The van der Waals surface area contributed by atoms with Gasteiger partial charge in [0.1, 0.15) is 5.82 Å². The summed E-state index contributed by atoms with van der Waals surface area (Å²) in [5.74, 6) is -0.929. The summed E-state index contributed by atoms with van der Waals surface area (Å²) in [6, 6.07) is 1.68. The zero-order valence-corrected chi connectivity index (χ0v) is 10.2. The summed E-state index contributed by atoms with van der Waals surface area (Å²) in [5, 5.41) is 10.3. The lowest BCUT2D eigenvalue weighted by molar-refractivity contribution is -0.385. The van der Waals surface area contributed by atoms with Crippen LogP contribution in [0.1, 0.15) is 5.56 Å². The normalized spacial score (nSPS) is 11.5. The molecule has 1 aromatic carbocycles. The minimum absolute atomic E-state index is 0.00757. The molecule has 0 atom stereocenters. The maximum absolute atomic E-state index is 13.0. The van der Waals surface area contributed by atoms with E-state index < -0.39 is 26.5 Å².